The van der Waals surface area contributed by atoms with E-state index in [-0.39, 0.29) is 42.7 Å². The van der Waals surface area contributed by atoms with Crippen molar-refractivity contribution < 1.29 is 25.8 Å². The Morgan fingerprint density at radius 2 is 1.00 bits per heavy atom. The summed E-state index contributed by atoms with van der Waals surface area (Å²) in [5, 5.41) is 9.36. The predicted octanol–water partition coefficient (Wildman–Crippen LogP) is 19.1. The summed E-state index contributed by atoms with van der Waals surface area (Å²) < 4.78 is 11.5. The summed E-state index contributed by atoms with van der Waals surface area (Å²) in [6, 6.07) is 67.6. The molecular formula is C70H65N4OPt-3. The number of hydrogen-bond acceptors (Lipinski definition) is 3. The number of fused-ring (bicyclic) bond motifs is 10. The van der Waals surface area contributed by atoms with E-state index in [1.165, 1.54) is 60.3 Å². The Bertz CT molecular complexity index is 4150. The molecule has 0 bridgehead atoms. The number of aromatic nitrogens is 3. The Kier molecular flexibility index (Phi) is 12.3. The minimum atomic E-state index is -0.162. The number of anilines is 2. The van der Waals surface area contributed by atoms with Gasteiger partial charge in [0.05, 0.1) is 0 Å². The van der Waals surface area contributed by atoms with Crippen LogP contribution in [-0.4, -0.2) is 14.1 Å². The fraction of sp³-hybridized carbons (Fsp3) is 0.229. The van der Waals surface area contributed by atoms with E-state index in [1.54, 1.807) is 0 Å². The Balaban J connectivity index is 0.00000616. The average molecular weight is 1170 g/mol. The smallest absolute Gasteiger partial charge is 0.135 e. The monoisotopic (exact) mass is 1170 g/mol. The topological polar surface area (TPSA) is 35.2 Å². The van der Waals surface area contributed by atoms with Gasteiger partial charge in [-0.2, -0.15) is 12.1 Å². The molecule has 0 spiro atoms. The summed E-state index contributed by atoms with van der Waals surface area (Å²) >= 11 is 0. The molecule has 0 aliphatic carbocycles. The minimum absolute atomic E-state index is 0. The first kappa shape index (κ1) is 50.8. The molecule has 0 radical (unpaired) electrons. The van der Waals surface area contributed by atoms with Crippen LogP contribution in [0.4, 0.5) is 11.4 Å². The van der Waals surface area contributed by atoms with Crippen LogP contribution in [0.5, 0.6) is 11.5 Å². The normalized spacial score (nSPS) is 13.0. The maximum Gasteiger partial charge on any atom is 0.135 e. The van der Waals surface area contributed by atoms with Gasteiger partial charge in [0, 0.05) is 50.0 Å². The third kappa shape index (κ3) is 8.81. The van der Waals surface area contributed by atoms with Gasteiger partial charge in [0.1, 0.15) is 5.82 Å². The van der Waals surface area contributed by atoms with Crippen molar-refractivity contribution in [2.45, 2.75) is 105 Å². The molecule has 4 heterocycles. The van der Waals surface area contributed by atoms with E-state index in [0.29, 0.717) is 11.5 Å². The van der Waals surface area contributed by atoms with Crippen LogP contribution in [0.3, 0.4) is 0 Å². The number of nitrogens with zero attached hydrogens (tertiary/aromatic N) is 4. The van der Waals surface area contributed by atoms with Gasteiger partial charge in [-0.25, -0.2) is 4.98 Å². The molecule has 0 fully saturated rings. The van der Waals surface area contributed by atoms with Crippen molar-refractivity contribution in [1.82, 2.24) is 14.1 Å². The second-order valence-electron chi connectivity index (χ2n) is 24.7. The van der Waals surface area contributed by atoms with Gasteiger partial charge in [-0.15, -0.1) is 35.7 Å². The molecule has 0 saturated heterocycles. The molecule has 0 amide bonds. The Morgan fingerprint density at radius 1 is 0.447 bits per heavy atom. The molecule has 76 heavy (non-hydrogen) atoms. The molecule has 0 atom stereocenters. The molecule has 1 aliphatic heterocycles. The maximum atomic E-state index is 6.86. The second kappa shape index (κ2) is 18.5. The quantitative estimate of drug-likeness (QED) is 0.161. The van der Waals surface area contributed by atoms with E-state index < -0.39 is 0 Å². The van der Waals surface area contributed by atoms with Crippen molar-refractivity contribution in [3.05, 3.63) is 211 Å². The van der Waals surface area contributed by atoms with Crippen molar-refractivity contribution in [3.8, 4) is 28.4 Å². The van der Waals surface area contributed by atoms with Crippen molar-refractivity contribution >= 4 is 76.5 Å². The molecule has 0 unspecified atom stereocenters. The van der Waals surface area contributed by atoms with Crippen LogP contribution in [0.25, 0.3) is 82.1 Å². The van der Waals surface area contributed by atoms with Crippen LogP contribution in [0.1, 0.15) is 105 Å². The number of ether oxygens (including phenoxy) is 1. The SMILES string of the molecule is CC(C)(C)c1cc(-c2cccc3c4ccccc4c4ccccc4c4cc(C(C)(C)C)cc5c4n(c23)[CH-]N5c2[c-]c(Oc3[c-]c4c(cc3)c3ccccc3n4-c3cc(C(C)(C)C)ccn3)ccc2)cc(C(C)(C)C)c1.[Pt]. The first-order valence-corrected chi connectivity index (χ1v) is 26.4. The van der Waals surface area contributed by atoms with Gasteiger partial charge < -0.3 is 18.8 Å². The Hall–Kier alpha value is -7.33. The van der Waals surface area contributed by atoms with Crippen LogP contribution >= 0.6 is 0 Å². The van der Waals surface area contributed by atoms with Crippen LogP contribution < -0.4 is 9.64 Å². The number of hydrogen-bond donors (Lipinski definition) is 0. The molecule has 3 aromatic heterocycles. The largest absolute Gasteiger partial charge is 0.509 e. The zero-order valence-corrected chi connectivity index (χ0v) is 48.0. The van der Waals surface area contributed by atoms with E-state index in [2.05, 4.69) is 268 Å². The summed E-state index contributed by atoms with van der Waals surface area (Å²) in [5.41, 5.74) is 13.3. The van der Waals surface area contributed by atoms with E-state index >= 15 is 0 Å². The van der Waals surface area contributed by atoms with Crippen LogP contribution in [0.15, 0.2) is 170 Å². The van der Waals surface area contributed by atoms with Crippen molar-refractivity contribution in [2.24, 2.45) is 0 Å². The molecule has 5 nitrogen and oxygen atoms in total. The van der Waals surface area contributed by atoms with Gasteiger partial charge in [0.25, 0.3) is 0 Å². The maximum absolute atomic E-state index is 6.86. The number of para-hydroxylation sites is 2. The van der Waals surface area contributed by atoms with Gasteiger partial charge in [-0.1, -0.05) is 203 Å². The van der Waals surface area contributed by atoms with Gasteiger partial charge in [-0.05, 0) is 135 Å². The molecule has 6 heteroatoms. The predicted molar refractivity (Wildman–Crippen MR) is 317 cm³/mol. The number of rotatable bonds is 5. The Morgan fingerprint density at radius 3 is 1.64 bits per heavy atom. The van der Waals surface area contributed by atoms with E-state index in [4.69, 9.17) is 9.72 Å². The van der Waals surface area contributed by atoms with Crippen LogP contribution in [0, 0.1) is 18.8 Å². The van der Waals surface area contributed by atoms with E-state index in [9.17, 15) is 0 Å². The second-order valence-corrected chi connectivity index (χ2v) is 24.7. The van der Waals surface area contributed by atoms with E-state index in [0.717, 1.165) is 55.4 Å². The molecular weight excluding hydrogens is 1110 g/mol. The third-order valence-corrected chi connectivity index (χ3v) is 15.3. The summed E-state index contributed by atoms with van der Waals surface area (Å²) in [6.07, 6.45) is 1.91. The summed E-state index contributed by atoms with van der Waals surface area (Å²) in [7, 11) is 0. The van der Waals surface area contributed by atoms with Gasteiger partial charge in [0.2, 0.25) is 0 Å². The Labute approximate surface area is 462 Å². The van der Waals surface area contributed by atoms with Gasteiger partial charge >= 0.3 is 0 Å². The molecule has 384 valence electrons. The zero-order valence-electron chi connectivity index (χ0n) is 45.8. The summed E-state index contributed by atoms with van der Waals surface area (Å²) in [6.45, 7) is 29.9. The average Bonchev–Trinajstić information content (AvgIpc) is 3.98. The zero-order chi connectivity index (χ0) is 52.3. The molecule has 8 aromatic carbocycles. The molecule has 1 aliphatic rings. The number of benzene rings is 8. The van der Waals surface area contributed by atoms with Gasteiger partial charge in [0.15, 0.2) is 0 Å². The third-order valence-electron chi connectivity index (χ3n) is 15.3. The van der Waals surface area contributed by atoms with Crippen molar-refractivity contribution in [1.29, 1.82) is 0 Å². The molecule has 11 aromatic rings. The first-order chi connectivity index (χ1) is 35.7. The summed E-state index contributed by atoms with van der Waals surface area (Å²) in [5.74, 6) is 2.04. The minimum Gasteiger partial charge on any atom is -0.509 e. The first-order valence-electron chi connectivity index (χ1n) is 26.4. The molecule has 0 N–H and O–H groups in total. The van der Waals surface area contributed by atoms with Gasteiger partial charge in [-0.3, -0.25) is 0 Å². The van der Waals surface area contributed by atoms with E-state index in [1.807, 2.05) is 18.3 Å². The summed E-state index contributed by atoms with van der Waals surface area (Å²) in [4.78, 5) is 7.24. The molecule has 0 saturated carbocycles. The van der Waals surface area contributed by atoms with Crippen molar-refractivity contribution in [2.75, 3.05) is 4.90 Å². The standard InChI is InChI=1S/C70H65N4O.Pt/c1-67(2,3)45-33-34-71-64(40-45)74-61-30-18-17-27-57(61)58-32-31-51(42-62(58)74)75-50-22-19-21-49(41-50)72-43-73-65-52(44-35-46(68(4,5)6)37-47(36-44)69(7,8)9)28-20-29-59(65)55-25-15-13-23-53(55)54-24-14-16-26-56(54)60-38-48(70(10,11)12)39-63(72)66(60)73;/h13-40,43H,1-12H3;/q-3;. The van der Waals surface area contributed by atoms with Crippen LogP contribution in [-0.2, 0) is 42.7 Å². The van der Waals surface area contributed by atoms with Crippen LogP contribution in [0.2, 0.25) is 0 Å². The van der Waals surface area contributed by atoms with Crippen molar-refractivity contribution in [3.63, 3.8) is 0 Å². The number of pyridine rings is 1. The fourth-order valence-electron chi connectivity index (χ4n) is 11.0. The fourth-order valence-corrected chi connectivity index (χ4v) is 11.0. The molecule has 12 rings (SSSR count).